The number of carbonyl (C=O) groups is 3. The van der Waals surface area contributed by atoms with Gasteiger partial charge in [0.05, 0.1) is 12.6 Å². The largest absolute Gasteiger partial charge is 0.480 e. The summed E-state index contributed by atoms with van der Waals surface area (Å²) in [5.74, 6) is -0.608. The van der Waals surface area contributed by atoms with Gasteiger partial charge in [-0.05, 0) is 42.0 Å². The van der Waals surface area contributed by atoms with Gasteiger partial charge in [-0.3, -0.25) is 19.7 Å². The number of nitrogens with zero attached hydrogens (tertiary/aromatic N) is 1. The molecule has 2 N–H and O–H groups in total. The van der Waals surface area contributed by atoms with Gasteiger partial charge in [0.1, 0.15) is 12.6 Å². The molecule has 1 aliphatic heterocycles. The molecule has 1 heterocycles. The third-order valence-electron chi connectivity index (χ3n) is 7.52. The molecule has 3 atom stereocenters. The third-order valence-corrected chi connectivity index (χ3v) is 8.85. The Bertz CT molecular complexity index is 1080. The summed E-state index contributed by atoms with van der Waals surface area (Å²) in [7, 11) is 0. The van der Waals surface area contributed by atoms with E-state index in [4.69, 9.17) is 4.74 Å². The van der Waals surface area contributed by atoms with Crippen molar-refractivity contribution < 1.29 is 24.2 Å². The number of carboxylic acid groups (broad SMARTS) is 1. The summed E-state index contributed by atoms with van der Waals surface area (Å²) >= 11 is 1.64. The minimum atomic E-state index is -1.05. The standard InChI is InChI=1S/C29H38N2O5S/c1-2-36-29(35)24(16-15-20-9-4-3-5-10-20)30-25-19-37-26(17-31(28(25)34)18-27(32)33)23-14-8-12-21-11-6-7-13-22(21)23/h6-8,11-14,20,24-26,30H,2-5,9-10,15-19H2,1H3,(H,32,33). The van der Waals surface area contributed by atoms with Crippen LogP contribution in [-0.4, -0.2) is 65.4 Å². The number of amides is 1. The van der Waals surface area contributed by atoms with Crippen LogP contribution >= 0.6 is 11.8 Å². The van der Waals surface area contributed by atoms with Gasteiger partial charge in [-0.2, -0.15) is 0 Å². The van der Waals surface area contributed by atoms with Crippen LogP contribution in [-0.2, 0) is 19.1 Å². The van der Waals surface area contributed by atoms with E-state index in [1.165, 1.54) is 37.0 Å². The number of ether oxygens (including phenoxy) is 1. The molecule has 2 fully saturated rings. The normalized spacial score (nSPS) is 22.0. The van der Waals surface area contributed by atoms with E-state index in [0.717, 1.165) is 22.8 Å². The number of esters is 1. The Morgan fingerprint density at radius 2 is 1.89 bits per heavy atom. The average Bonchev–Trinajstić information content (AvgIpc) is 3.05. The van der Waals surface area contributed by atoms with Crippen LogP contribution in [0.15, 0.2) is 42.5 Å². The molecule has 0 radical (unpaired) electrons. The fraction of sp³-hybridized carbons (Fsp3) is 0.552. The van der Waals surface area contributed by atoms with Crippen LogP contribution in [0.5, 0.6) is 0 Å². The molecular weight excluding hydrogens is 488 g/mol. The second-order valence-electron chi connectivity index (χ2n) is 10.1. The molecule has 3 unspecified atom stereocenters. The predicted molar refractivity (Wildman–Crippen MR) is 147 cm³/mol. The van der Waals surface area contributed by atoms with Crippen molar-refractivity contribution in [2.45, 2.75) is 69.2 Å². The van der Waals surface area contributed by atoms with E-state index >= 15 is 0 Å². The van der Waals surface area contributed by atoms with E-state index in [2.05, 4.69) is 29.6 Å². The lowest BCUT2D eigenvalue weighted by Gasteiger charge is -2.28. The molecule has 1 saturated carbocycles. The van der Waals surface area contributed by atoms with Crippen molar-refractivity contribution in [3.8, 4) is 0 Å². The number of thioether (sulfide) groups is 1. The first-order valence-corrected chi connectivity index (χ1v) is 14.5. The van der Waals surface area contributed by atoms with E-state index in [1.54, 1.807) is 18.7 Å². The Kier molecular flexibility index (Phi) is 9.86. The van der Waals surface area contributed by atoms with Gasteiger partial charge >= 0.3 is 11.9 Å². The zero-order valence-corrected chi connectivity index (χ0v) is 22.4. The van der Waals surface area contributed by atoms with E-state index in [0.29, 0.717) is 24.6 Å². The monoisotopic (exact) mass is 526 g/mol. The Hall–Kier alpha value is -2.58. The smallest absolute Gasteiger partial charge is 0.323 e. The summed E-state index contributed by atoms with van der Waals surface area (Å²) in [6.07, 6.45) is 7.66. The maximum absolute atomic E-state index is 13.6. The first-order chi connectivity index (χ1) is 18.0. The molecule has 1 amide bonds. The van der Waals surface area contributed by atoms with Gasteiger partial charge in [0, 0.05) is 17.5 Å². The van der Waals surface area contributed by atoms with Crippen molar-refractivity contribution in [3.63, 3.8) is 0 Å². The van der Waals surface area contributed by atoms with Crippen LogP contribution < -0.4 is 5.32 Å². The number of hydrogen-bond donors (Lipinski definition) is 2. The molecule has 1 saturated heterocycles. The van der Waals surface area contributed by atoms with Crippen molar-refractivity contribution in [3.05, 3.63) is 48.0 Å². The fourth-order valence-electron chi connectivity index (χ4n) is 5.62. The summed E-state index contributed by atoms with van der Waals surface area (Å²) in [6.45, 7) is 1.99. The maximum Gasteiger partial charge on any atom is 0.323 e. The first-order valence-electron chi connectivity index (χ1n) is 13.5. The fourth-order valence-corrected chi connectivity index (χ4v) is 6.96. The van der Waals surface area contributed by atoms with Gasteiger partial charge in [0.2, 0.25) is 5.91 Å². The molecule has 2 aliphatic rings. The van der Waals surface area contributed by atoms with Crippen LogP contribution in [0.1, 0.15) is 62.7 Å². The van der Waals surface area contributed by atoms with Crippen molar-refractivity contribution in [1.29, 1.82) is 0 Å². The average molecular weight is 527 g/mol. The first kappa shape index (κ1) is 27.5. The van der Waals surface area contributed by atoms with Gasteiger partial charge < -0.3 is 14.7 Å². The number of nitrogens with one attached hydrogen (secondary N) is 1. The number of carboxylic acids is 1. The third kappa shape index (κ3) is 7.26. The van der Waals surface area contributed by atoms with Crippen molar-refractivity contribution >= 4 is 40.4 Å². The molecule has 1 aliphatic carbocycles. The van der Waals surface area contributed by atoms with Gasteiger partial charge in [-0.25, -0.2) is 0 Å². The highest BCUT2D eigenvalue weighted by molar-refractivity contribution is 7.99. The maximum atomic E-state index is 13.6. The van der Waals surface area contributed by atoms with Crippen LogP contribution in [0.4, 0.5) is 0 Å². The second kappa shape index (κ2) is 13.3. The summed E-state index contributed by atoms with van der Waals surface area (Å²) in [5.41, 5.74) is 1.09. The molecular formula is C29H38N2O5S. The SMILES string of the molecule is CCOC(=O)C(CCC1CCCCC1)NC1CSC(c2cccc3ccccc23)CN(CC(=O)O)C1=O. The molecule has 0 bridgehead atoms. The van der Waals surface area contributed by atoms with Gasteiger partial charge in [0.25, 0.3) is 0 Å². The van der Waals surface area contributed by atoms with Crippen molar-refractivity contribution in [2.24, 2.45) is 5.92 Å². The molecule has 7 nitrogen and oxygen atoms in total. The highest BCUT2D eigenvalue weighted by Gasteiger charge is 2.36. The highest BCUT2D eigenvalue weighted by Crippen LogP contribution is 2.37. The van der Waals surface area contributed by atoms with Crippen molar-refractivity contribution in [2.75, 3.05) is 25.4 Å². The van der Waals surface area contributed by atoms with E-state index in [1.807, 2.05) is 18.2 Å². The Balaban J connectivity index is 1.54. The van der Waals surface area contributed by atoms with Crippen LogP contribution in [0.25, 0.3) is 10.8 Å². The summed E-state index contributed by atoms with van der Waals surface area (Å²) < 4.78 is 5.35. The lowest BCUT2D eigenvalue weighted by atomic mass is 9.85. The Morgan fingerprint density at radius 1 is 1.14 bits per heavy atom. The molecule has 0 aromatic heterocycles. The van der Waals surface area contributed by atoms with Crippen LogP contribution in [0.2, 0.25) is 0 Å². The second-order valence-corrected chi connectivity index (χ2v) is 11.3. The lowest BCUT2D eigenvalue weighted by Crippen LogP contribution is -2.53. The van der Waals surface area contributed by atoms with E-state index in [9.17, 15) is 19.5 Å². The molecule has 0 spiro atoms. The van der Waals surface area contributed by atoms with Gasteiger partial charge in [-0.15, -0.1) is 11.8 Å². The quantitative estimate of drug-likeness (QED) is 0.430. The lowest BCUT2D eigenvalue weighted by molar-refractivity contribution is -0.148. The van der Waals surface area contributed by atoms with E-state index in [-0.39, 0.29) is 30.3 Å². The Morgan fingerprint density at radius 3 is 2.65 bits per heavy atom. The Labute approximate surface area is 223 Å². The van der Waals surface area contributed by atoms with Gasteiger partial charge in [0.15, 0.2) is 0 Å². The number of rotatable bonds is 10. The number of benzene rings is 2. The zero-order valence-electron chi connectivity index (χ0n) is 21.6. The minimum Gasteiger partial charge on any atom is -0.480 e. The van der Waals surface area contributed by atoms with Crippen LogP contribution in [0.3, 0.4) is 0 Å². The molecule has 2 aromatic carbocycles. The molecule has 37 heavy (non-hydrogen) atoms. The zero-order chi connectivity index (χ0) is 26.2. The predicted octanol–water partition coefficient (Wildman–Crippen LogP) is 4.79. The molecule has 8 heteroatoms. The number of carbonyl (C=O) groups excluding carboxylic acids is 2. The molecule has 2 aromatic rings. The minimum absolute atomic E-state index is 0.0792. The summed E-state index contributed by atoms with van der Waals surface area (Å²) in [6, 6.07) is 13.0. The van der Waals surface area contributed by atoms with Crippen molar-refractivity contribution in [1.82, 2.24) is 10.2 Å². The molecule has 4 rings (SSSR count). The van der Waals surface area contributed by atoms with Gasteiger partial charge in [-0.1, -0.05) is 74.6 Å². The highest BCUT2D eigenvalue weighted by atomic mass is 32.2. The number of fused-ring (bicyclic) bond motifs is 1. The summed E-state index contributed by atoms with van der Waals surface area (Å²) in [4.78, 5) is 39.6. The number of aliphatic carboxylic acids is 1. The number of hydrogen-bond acceptors (Lipinski definition) is 6. The van der Waals surface area contributed by atoms with E-state index < -0.39 is 18.1 Å². The molecule has 200 valence electrons. The topological polar surface area (TPSA) is 95.9 Å². The van der Waals surface area contributed by atoms with Crippen LogP contribution in [0, 0.1) is 5.92 Å². The summed E-state index contributed by atoms with van der Waals surface area (Å²) in [5, 5.41) is 15.0.